The average molecular weight is 509 g/mol. The molecule has 0 amide bonds. The van der Waals surface area contributed by atoms with Gasteiger partial charge in [-0.15, -0.1) is 0 Å². The van der Waals surface area contributed by atoms with Gasteiger partial charge in [-0.25, -0.2) is 9.78 Å². The number of hydrogen-bond donors (Lipinski definition) is 1. The summed E-state index contributed by atoms with van der Waals surface area (Å²) in [7, 11) is 1.90. The molecule has 0 saturated heterocycles. The minimum atomic E-state index is -1.18. The number of nitrogens with zero attached hydrogens (tertiary/aromatic N) is 4. The van der Waals surface area contributed by atoms with Crippen LogP contribution in [-0.2, 0) is 29.5 Å². The Morgan fingerprint density at radius 2 is 1.86 bits per heavy atom. The maximum Gasteiger partial charge on any atom is 0.337 e. The van der Waals surface area contributed by atoms with E-state index in [9.17, 15) is 9.90 Å². The Balaban J connectivity index is 2.10. The van der Waals surface area contributed by atoms with E-state index in [1.165, 1.54) is 0 Å². The van der Waals surface area contributed by atoms with Gasteiger partial charge in [-0.1, -0.05) is 30.7 Å². The van der Waals surface area contributed by atoms with E-state index in [1.807, 2.05) is 71.4 Å². The summed E-state index contributed by atoms with van der Waals surface area (Å²) >= 11 is 6.22. The molecule has 8 heteroatoms. The van der Waals surface area contributed by atoms with Crippen LogP contribution >= 0.6 is 11.6 Å². The predicted molar refractivity (Wildman–Crippen MR) is 143 cm³/mol. The summed E-state index contributed by atoms with van der Waals surface area (Å²) < 4.78 is 10.1. The smallest absolute Gasteiger partial charge is 0.337 e. The molecule has 3 aromatic heterocycles. The standard InChI is InChI=1S/C28H33ClN4O3/c1-8-21-16(2)22-24(19-9-11-20(29)12-10-19)23(25(27(34)35)36-28(4,5)6)17(3)31-26(22)33(21)15-18-13-30-32(7)14-18/h9-14,25H,8,15H2,1-7H3,(H,34,35)/t25-/m0/s1. The van der Waals surface area contributed by atoms with Crippen molar-refractivity contribution >= 4 is 28.6 Å². The molecule has 36 heavy (non-hydrogen) atoms. The molecule has 0 spiro atoms. The van der Waals surface area contributed by atoms with Crippen molar-refractivity contribution in [3.63, 3.8) is 0 Å². The van der Waals surface area contributed by atoms with Crippen molar-refractivity contribution in [2.45, 2.75) is 66.2 Å². The van der Waals surface area contributed by atoms with Crippen molar-refractivity contribution in [3.8, 4) is 11.1 Å². The molecule has 1 N–H and O–H groups in total. The van der Waals surface area contributed by atoms with Gasteiger partial charge in [-0.3, -0.25) is 4.68 Å². The van der Waals surface area contributed by atoms with Gasteiger partial charge in [0.1, 0.15) is 5.65 Å². The molecule has 0 aliphatic rings. The van der Waals surface area contributed by atoms with Crippen molar-refractivity contribution < 1.29 is 14.6 Å². The fourth-order valence-corrected chi connectivity index (χ4v) is 5.04. The summed E-state index contributed by atoms with van der Waals surface area (Å²) in [5, 5.41) is 16.2. The summed E-state index contributed by atoms with van der Waals surface area (Å²) in [5.41, 5.74) is 6.33. The second kappa shape index (κ2) is 9.71. The fourth-order valence-electron chi connectivity index (χ4n) is 4.91. The highest BCUT2D eigenvalue weighted by Gasteiger charge is 2.33. The van der Waals surface area contributed by atoms with Crippen molar-refractivity contribution in [2.75, 3.05) is 0 Å². The van der Waals surface area contributed by atoms with E-state index in [0.717, 1.165) is 45.4 Å². The number of aromatic nitrogens is 4. The van der Waals surface area contributed by atoms with Gasteiger partial charge in [-0.05, 0) is 64.3 Å². The lowest BCUT2D eigenvalue weighted by Gasteiger charge is -2.28. The van der Waals surface area contributed by atoms with Gasteiger partial charge in [0.15, 0.2) is 6.10 Å². The number of fused-ring (bicyclic) bond motifs is 1. The third-order valence-electron chi connectivity index (χ3n) is 6.32. The number of pyridine rings is 1. The number of rotatable bonds is 7. The van der Waals surface area contributed by atoms with E-state index in [4.69, 9.17) is 21.3 Å². The van der Waals surface area contributed by atoms with Crippen molar-refractivity contribution in [1.82, 2.24) is 19.3 Å². The van der Waals surface area contributed by atoms with E-state index in [2.05, 4.69) is 23.5 Å². The normalized spacial score (nSPS) is 12.9. The Morgan fingerprint density at radius 3 is 2.39 bits per heavy atom. The third-order valence-corrected chi connectivity index (χ3v) is 6.57. The van der Waals surface area contributed by atoms with Crippen LogP contribution in [0.4, 0.5) is 0 Å². The van der Waals surface area contributed by atoms with Gasteiger partial charge in [0.05, 0.1) is 18.3 Å². The zero-order valence-corrected chi connectivity index (χ0v) is 22.6. The second-order valence-corrected chi connectivity index (χ2v) is 10.6. The quantitative estimate of drug-likeness (QED) is 0.318. The Labute approximate surface area is 216 Å². The van der Waals surface area contributed by atoms with E-state index in [1.54, 1.807) is 4.68 Å². The predicted octanol–water partition coefficient (Wildman–Crippen LogP) is 6.26. The summed E-state index contributed by atoms with van der Waals surface area (Å²) in [6.07, 6.45) is 3.48. The monoisotopic (exact) mass is 508 g/mol. The summed E-state index contributed by atoms with van der Waals surface area (Å²) in [6, 6.07) is 7.51. The minimum Gasteiger partial charge on any atom is -0.479 e. The number of ether oxygens (including phenoxy) is 1. The molecule has 0 bridgehead atoms. The highest BCUT2D eigenvalue weighted by molar-refractivity contribution is 6.30. The Hall–Kier alpha value is -3.16. The van der Waals surface area contributed by atoms with Gasteiger partial charge in [0, 0.05) is 51.7 Å². The first-order chi connectivity index (χ1) is 16.9. The zero-order valence-electron chi connectivity index (χ0n) is 21.9. The fraction of sp³-hybridized carbons (Fsp3) is 0.393. The van der Waals surface area contributed by atoms with Crippen LogP contribution in [0.1, 0.15) is 61.9 Å². The molecule has 1 aromatic carbocycles. The van der Waals surface area contributed by atoms with Gasteiger partial charge < -0.3 is 14.4 Å². The van der Waals surface area contributed by atoms with Gasteiger partial charge in [-0.2, -0.15) is 5.10 Å². The van der Waals surface area contributed by atoms with E-state index in [0.29, 0.717) is 22.8 Å². The van der Waals surface area contributed by atoms with Crippen molar-refractivity contribution in [1.29, 1.82) is 0 Å². The molecular formula is C28H33ClN4O3. The molecule has 0 aliphatic carbocycles. The summed E-state index contributed by atoms with van der Waals surface area (Å²) in [4.78, 5) is 17.6. The number of hydrogen-bond acceptors (Lipinski definition) is 4. The molecule has 7 nitrogen and oxygen atoms in total. The molecule has 0 saturated carbocycles. The van der Waals surface area contributed by atoms with Crippen LogP contribution < -0.4 is 0 Å². The van der Waals surface area contributed by atoms with E-state index in [-0.39, 0.29) is 0 Å². The highest BCUT2D eigenvalue weighted by Crippen LogP contribution is 2.42. The molecular weight excluding hydrogens is 476 g/mol. The van der Waals surface area contributed by atoms with E-state index >= 15 is 0 Å². The number of carbonyl (C=O) groups is 1. The van der Waals surface area contributed by atoms with Crippen LogP contribution in [0.5, 0.6) is 0 Å². The number of aliphatic carboxylic acids is 1. The number of benzene rings is 1. The van der Waals surface area contributed by atoms with E-state index < -0.39 is 17.7 Å². The molecule has 4 rings (SSSR count). The molecule has 0 unspecified atom stereocenters. The first kappa shape index (κ1) is 25.9. The second-order valence-electron chi connectivity index (χ2n) is 10.2. The van der Waals surface area contributed by atoms with Crippen LogP contribution in [0, 0.1) is 13.8 Å². The lowest BCUT2D eigenvalue weighted by molar-refractivity contribution is -0.160. The maximum atomic E-state index is 12.6. The largest absolute Gasteiger partial charge is 0.479 e. The third kappa shape index (κ3) is 4.90. The molecule has 1 atom stereocenters. The molecule has 0 fully saturated rings. The molecule has 190 valence electrons. The number of aryl methyl sites for hydroxylation is 3. The lowest BCUT2D eigenvalue weighted by Crippen LogP contribution is -2.28. The maximum absolute atomic E-state index is 12.6. The van der Waals surface area contributed by atoms with Crippen LogP contribution in [-0.4, -0.2) is 36.0 Å². The minimum absolute atomic E-state index is 0.566. The lowest BCUT2D eigenvalue weighted by atomic mass is 9.91. The number of carboxylic acids is 1. The van der Waals surface area contributed by atoms with Gasteiger partial charge in [0.25, 0.3) is 0 Å². The van der Waals surface area contributed by atoms with Gasteiger partial charge >= 0.3 is 5.97 Å². The van der Waals surface area contributed by atoms with Crippen LogP contribution in [0.3, 0.4) is 0 Å². The zero-order chi connectivity index (χ0) is 26.4. The van der Waals surface area contributed by atoms with Crippen LogP contribution in [0.15, 0.2) is 36.7 Å². The molecule has 0 radical (unpaired) electrons. The first-order valence-corrected chi connectivity index (χ1v) is 12.4. The van der Waals surface area contributed by atoms with Crippen molar-refractivity contribution in [3.05, 3.63) is 69.8 Å². The average Bonchev–Trinajstić information content (AvgIpc) is 3.31. The summed E-state index contributed by atoms with van der Waals surface area (Å²) in [5.74, 6) is -1.05. The number of halogens is 1. The van der Waals surface area contributed by atoms with Crippen LogP contribution in [0.2, 0.25) is 5.02 Å². The topological polar surface area (TPSA) is 82.2 Å². The SMILES string of the molecule is CCc1c(C)c2c(-c3ccc(Cl)cc3)c([C@H](OC(C)(C)C)C(=O)O)c(C)nc2n1Cc1cnn(C)c1. The Bertz CT molecular complexity index is 1430. The highest BCUT2D eigenvalue weighted by atomic mass is 35.5. The van der Waals surface area contributed by atoms with Crippen molar-refractivity contribution in [2.24, 2.45) is 7.05 Å². The number of carboxylic acid groups (broad SMARTS) is 1. The Morgan fingerprint density at radius 1 is 1.19 bits per heavy atom. The molecule has 0 aliphatic heterocycles. The Kier molecular flexibility index (Phi) is 6.99. The molecule has 4 aromatic rings. The van der Waals surface area contributed by atoms with Crippen LogP contribution in [0.25, 0.3) is 22.2 Å². The first-order valence-electron chi connectivity index (χ1n) is 12.1. The van der Waals surface area contributed by atoms with Gasteiger partial charge in [0.2, 0.25) is 0 Å². The summed E-state index contributed by atoms with van der Waals surface area (Å²) in [6.45, 7) is 12.3. The molecule has 3 heterocycles.